The second kappa shape index (κ2) is 5.16. The van der Waals surface area contributed by atoms with Gasteiger partial charge in [0.15, 0.2) is 0 Å². The van der Waals surface area contributed by atoms with Gasteiger partial charge >= 0.3 is 0 Å². The maximum absolute atomic E-state index is 5.89. The summed E-state index contributed by atoms with van der Waals surface area (Å²) in [6.45, 7) is 5.76. The molecule has 0 amide bonds. The minimum atomic E-state index is 0.730. The Morgan fingerprint density at radius 2 is 1.79 bits per heavy atom. The molecule has 1 saturated heterocycles. The molecule has 2 heteroatoms. The molecule has 0 aromatic heterocycles. The van der Waals surface area contributed by atoms with Crippen LogP contribution >= 0.6 is 0 Å². The summed E-state index contributed by atoms with van der Waals surface area (Å²) in [6, 6.07) is 6.48. The van der Waals surface area contributed by atoms with E-state index in [1.807, 2.05) is 6.07 Å². The van der Waals surface area contributed by atoms with Crippen LogP contribution in [0, 0.1) is 12.3 Å². The Kier molecular flexibility index (Phi) is 3.53. The zero-order valence-electron chi connectivity index (χ0n) is 12.1. The molecule has 19 heavy (non-hydrogen) atoms. The molecule has 1 aromatic rings. The predicted molar refractivity (Wildman–Crippen MR) is 81.0 cm³/mol. The molecule has 104 valence electrons. The van der Waals surface area contributed by atoms with Gasteiger partial charge in [-0.15, -0.1) is 0 Å². The fraction of sp³-hybridized carbons (Fsp3) is 0.647. The molecule has 1 aromatic carbocycles. The third-order valence-corrected chi connectivity index (χ3v) is 5.32. The smallest absolute Gasteiger partial charge is 0.0343 e. The van der Waals surface area contributed by atoms with E-state index in [0.717, 1.165) is 17.6 Å². The van der Waals surface area contributed by atoms with Crippen molar-refractivity contribution in [3.05, 3.63) is 29.3 Å². The summed E-state index contributed by atoms with van der Waals surface area (Å²) >= 11 is 0. The zero-order valence-corrected chi connectivity index (χ0v) is 12.1. The van der Waals surface area contributed by atoms with Crippen molar-refractivity contribution in [2.24, 2.45) is 5.41 Å². The number of nitrogens with two attached hydrogens (primary N) is 1. The molecule has 2 aliphatic rings. The molecule has 1 aliphatic heterocycles. The lowest BCUT2D eigenvalue weighted by atomic mass is 9.77. The van der Waals surface area contributed by atoms with Gasteiger partial charge < -0.3 is 5.73 Å². The number of rotatable bonds is 2. The van der Waals surface area contributed by atoms with Crippen LogP contribution in [0.2, 0.25) is 0 Å². The number of nitrogens with zero attached hydrogens (tertiary/aromatic N) is 1. The molecular formula is C17H26N2. The first-order valence-corrected chi connectivity index (χ1v) is 7.74. The summed E-state index contributed by atoms with van der Waals surface area (Å²) in [6.07, 6.45) is 8.75. The van der Waals surface area contributed by atoms with Crippen LogP contribution in [0.15, 0.2) is 18.2 Å². The van der Waals surface area contributed by atoms with E-state index < -0.39 is 0 Å². The van der Waals surface area contributed by atoms with Crippen LogP contribution in [-0.2, 0) is 6.54 Å². The summed E-state index contributed by atoms with van der Waals surface area (Å²) in [4.78, 5) is 2.62. The van der Waals surface area contributed by atoms with Crippen molar-refractivity contribution >= 4 is 5.69 Å². The quantitative estimate of drug-likeness (QED) is 0.819. The Hall–Kier alpha value is -1.02. The number of hydrogen-bond acceptors (Lipinski definition) is 2. The predicted octanol–water partition coefficient (Wildman–Crippen LogP) is 3.73. The molecule has 0 radical (unpaired) electrons. The maximum atomic E-state index is 5.89. The van der Waals surface area contributed by atoms with Gasteiger partial charge in [0, 0.05) is 12.2 Å². The normalized spacial score (nSPS) is 23.0. The van der Waals surface area contributed by atoms with E-state index in [1.54, 1.807) is 0 Å². The van der Waals surface area contributed by atoms with Crippen LogP contribution in [0.1, 0.15) is 49.7 Å². The van der Waals surface area contributed by atoms with Gasteiger partial charge in [-0.2, -0.15) is 0 Å². The molecule has 0 bridgehead atoms. The van der Waals surface area contributed by atoms with Crippen molar-refractivity contribution in [2.45, 2.75) is 52.0 Å². The number of benzene rings is 1. The Bertz CT molecular complexity index is 437. The van der Waals surface area contributed by atoms with Gasteiger partial charge in [0.1, 0.15) is 0 Å². The molecule has 0 unspecified atom stereocenters. The molecule has 0 atom stereocenters. The summed E-state index contributed by atoms with van der Waals surface area (Å²) < 4.78 is 0. The van der Waals surface area contributed by atoms with Crippen molar-refractivity contribution in [1.82, 2.24) is 4.90 Å². The highest BCUT2D eigenvalue weighted by atomic mass is 15.1. The number of piperidine rings is 1. The standard InChI is InChI=1S/C17H26N2/c1-14-12-15(4-5-16(14)18)13-19-10-8-17(9-11-19)6-2-3-7-17/h4-5,12H,2-3,6-11,13,18H2,1H3. The highest BCUT2D eigenvalue weighted by Crippen LogP contribution is 2.46. The minimum Gasteiger partial charge on any atom is -0.399 e. The Morgan fingerprint density at radius 3 is 2.42 bits per heavy atom. The van der Waals surface area contributed by atoms with E-state index in [-0.39, 0.29) is 0 Å². The molecule has 3 rings (SSSR count). The zero-order chi connectivity index (χ0) is 13.3. The van der Waals surface area contributed by atoms with Crippen LogP contribution in [0.4, 0.5) is 5.69 Å². The third-order valence-electron chi connectivity index (χ3n) is 5.32. The van der Waals surface area contributed by atoms with Gasteiger partial charge in [-0.3, -0.25) is 4.90 Å². The van der Waals surface area contributed by atoms with Crippen LogP contribution in [0.25, 0.3) is 0 Å². The lowest BCUT2D eigenvalue weighted by molar-refractivity contribution is 0.103. The van der Waals surface area contributed by atoms with Gasteiger partial charge in [-0.25, -0.2) is 0 Å². The largest absolute Gasteiger partial charge is 0.399 e. The van der Waals surface area contributed by atoms with Crippen molar-refractivity contribution in [3.8, 4) is 0 Å². The highest BCUT2D eigenvalue weighted by molar-refractivity contribution is 5.47. The van der Waals surface area contributed by atoms with Crippen LogP contribution in [0.5, 0.6) is 0 Å². The van der Waals surface area contributed by atoms with E-state index >= 15 is 0 Å². The van der Waals surface area contributed by atoms with Gasteiger partial charge in [-0.05, 0) is 68.3 Å². The van der Waals surface area contributed by atoms with Gasteiger partial charge in [-0.1, -0.05) is 25.0 Å². The first kappa shape index (κ1) is 13.0. The first-order valence-electron chi connectivity index (χ1n) is 7.74. The summed E-state index contributed by atoms with van der Waals surface area (Å²) in [5.41, 5.74) is 10.1. The Labute approximate surface area is 117 Å². The molecule has 2 fully saturated rings. The lowest BCUT2D eigenvalue weighted by Crippen LogP contribution is -2.38. The molecule has 2 N–H and O–H groups in total. The fourth-order valence-electron chi connectivity index (χ4n) is 3.90. The third kappa shape index (κ3) is 2.79. The van der Waals surface area contributed by atoms with Gasteiger partial charge in [0.05, 0.1) is 0 Å². The number of nitrogen functional groups attached to an aromatic ring is 1. The van der Waals surface area contributed by atoms with E-state index in [2.05, 4.69) is 24.0 Å². The maximum Gasteiger partial charge on any atom is 0.0343 e. The summed E-state index contributed by atoms with van der Waals surface area (Å²) in [5.74, 6) is 0. The number of anilines is 1. The van der Waals surface area contributed by atoms with Gasteiger partial charge in [0.2, 0.25) is 0 Å². The molecule has 1 aliphatic carbocycles. The van der Waals surface area contributed by atoms with Crippen LogP contribution in [-0.4, -0.2) is 18.0 Å². The molecular weight excluding hydrogens is 232 g/mol. The topological polar surface area (TPSA) is 29.3 Å². The van der Waals surface area contributed by atoms with Crippen molar-refractivity contribution in [2.75, 3.05) is 18.8 Å². The molecule has 1 heterocycles. The number of likely N-dealkylation sites (tertiary alicyclic amines) is 1. The highest BCUT2D eigenvalue weighted by Gasteiger charge is 2.36. The number of hydrogen-bond donors (Lipinski definition) is 1. The summed E-state index contributed by atoms with van der Waals surface area (Å²) in [7, 11) is 0. The monoisotopic (exact) mass is 258 g/mol. The Balaban J connectivity index is 1.58. The molecule has 2 nitrogen and oxygen atoms in total. The van der Waals surface area contributed by atoms with E-state index in [4.69, 9.17) is 5.73 Å². The number of aryl methyl sites for hydroxylation is 1. The van der Waals surface area contributed by atoms with Crippen molar-refractivity contribution in [1.29, 1.82) is 0 Å². The summed E-state index contributed by atoms with van der Waals surface area (Å²) in [5, 5.41) is 0. The van der Waals surface area contributed by atoms with Gasteiger partial charge in [0.25, 0.3) is 0 Å². The minimum absolute atomic E-state index is 0.730. The van der Waals surface area contributed by atoms with Crippen LogP contribution < -0.4 is 5.73 Å². The fourth-order valence-corrected chi connectivity index (χ4v) is 3.90. The molecule has 1 spiro atoms. The van der Waals surface area contributed by atoms with E-state index in [1.165, 1.54) is 62.7 Å². The van der Waals surface area contributed by atoms with Crippen molar-refractivity contribution < 1.29 is 0 Å². The van der Waals surface area contributed by atoms with Crippen LogP contribution in [0.3, 0.4) is 0 Å². The molecule has 1 saturated carbocycles. The SMILES string of the molecule is Cc1cc(CN2CCC3(CCCC3)CC2)ccc1N. The second-order valence-electron chi connectivity index (χ2n) is 6.67. The van der Waals surface area contributed by atoms with E-state index in [9.17, 15) is 0 Å². The van der Waals surface area contributed by atoms with E-state index in [0.29, 0.717) is 0 Å². The average Bonchev–Trinajstić information content (AvgIpc) is 2.86. The Morgan fingerprint density at radius 1 is 1.11 bits per heavy atom. The average molecular weight is 258 g/mol. The lowest BCUT2D eigenvalue weighted by Gasteiger charge is -2.39. The van der Waals surface area contributed by atoms with Crippen molar-refractivity contribution in [3.63, 3.8) is 0 Å². The first-order chi connectivity index (χ1) is 9.17. The second-order valence-corrected chi connectivity index (χ2v) is 6.67.